The van der Waals surface area contributed by atoms with Crippen LogP contribution in [0.15, 0.2) is 18.3 Å². The van der Waals surface area contributed by atoms with Crippen LogP contribution in [-0.4, -0.2) is 38.6 Å². The van der Waals surface area contributed by atoms with Crippen LogP contribution in [0.4, 0.5) is 0 Å². The maximum atomic E-state index is 11.3. The maximum Gasteiger partial charge on any atom is 0.213 e. The van der Waals surface area contributed by atoms with Crippen LogP contribution < -0.4 is 10.1 Å². The number of ether oxygens (including phenoxy) is 1. The zero-order valence-electron chi connectivity index (χ0n) is 10.8. The molecule has 0 fully saturated rings. The van der Waals surface area contributed by atoms with Crippen molar-refractivity contribution >= 4 is 9.84 Å². The molecule has 0 saturated carbocycles. The molecule has 1 heterocycles. The summed E-state index contributed by atoms with van der Waals surface area (Å²) in [5, 5.41) is 3.20. The van der Waals surface area contributed by atoms with E-state index in [9.17, 15) is 8.42 Å². The van der Waals surface area contributed by atoms with Gasteiger partial charge in [0.1, 0.15) is 9.84 Å². The van der Waals surface area contributed by atoms with Crippen molar-refractivity contribution in [2.24, 2.45) is 0 Å². The van der Waals surface area contributed by atoms with E-state index >= 15 is 0 Å². The molecule has 5 nitrogen and oxygen atoms in total. The molecule has 1 rings (SSSR count). The molecule has 0 aromatic carbocycles. The summed E-state index contributed by atoms with van der Waals surface area (Å²) >= 11 is 0. The average Bonchev–Trinajstić information content (AvgIpc) is 2.38. The van der Waals surface area contributed by atoms with Gasteiger partial charge >= 0.3 is 0 Å². The lowest BCUT2D eigenvalue weighted by atomic mass is 10.2. The van der Waals surface area contributed by atoms with Crippen molar-refractivity contribution < 1.29 is 13.2 Å². The van der Waals surface area contributed by atoms with Crippen LogP contribution in [0.1, 0.15) is 18.9 Å². The third-order valence-corrected chi connectivity index (χ3v) is 4.38. The number of methoxy groups -OCH3 is 1. The molecule has 1 N–H and O–H groups in total. The highest BCUT2D eigenvalue weighted by Crippen LogP contribution is 2.07. The minimum Gasteiger partial charge on any atom is -0.481 e. The minimum atomic E-state index is -2.85. The Morgan fingerprint density at radius 3 is 2.89 bits per heavy atom. The average molecular weight is 272 g/mol. The Balaban J connectivity index is 2.25. The lowest BCUT2D eigenvalue weighted by Gasteiger charge is -2.06. The SMILES string of the molecule is CCS(=O)(=O)CCCNCc1ccnc(OC)c1. The molecule has 6 heteroatoms. The quantitative estimate of drug-likeness (QED) is 0.715. The fourth-order valence-corrected chi connectivity index (χ4v) is 2.34. The molecular weight excluding hydrogens is 252 g/mol. The maximum absolute atomic E-state index is 11.3. The standard InChI is InChI=1S/C12H20N2O3S/c1-3-18(15,16)8-4-6-13-10-11-5-7-14-12(9-11)17-2/h5,7,9,13H,3-4,6,8,10H2,1-2H3. The number of pyridine rings is 1. The second kappa shape index (κ2) is 7.33. The van der Waals surface area contributed by atoms with Gasteiger partial charge in [0.2, 0.25) is 5.88 Å². The van der Waals surface area contributed by atoms with Gasteiger partial charge < -0.3 is 10.1 Å². The van der Waals surface area contributed by atoms with Crippen molar-refractivity contribution in [2.45, 2.75) is 19.9 Å². The predicted octanol–water partition coefficient (Wildman–Crippen LogP) is 1.00. The topological polar surface area (TPSA) is 68.3 Å². The summed E-state index contributed by atoms with van der Waals surface area (Å²) in [4.78, 5) is 4.02. The number of rotatable bonds is 8. The van der Waals surface area contributed by atoms with Crippen molar-refractivity contribution in [3.05, 3.63) is 23.9 Å². The molecule has 1 aromatic rings. The molecule has 18 heavy (non-hydrogen) atoms. The van der Waals surface area contributed by atoms with Crippen molar-refractivity contribution in [2.75, 3.05) is 25.2 Å². The van der Waals surface area contributed by atoms with E-state index in [4.69, 9.17) is 4.74 Å². The summed E-state index contributed by atoms with van der Waals surface area (Å²) in [6, 6.07) is 3.76. The van der Waals surface area contributed by atoms with Gasteiger partial charge in [0, 0.05) is 24.6 Å². The van der Waals surface area contributed by atoms with E-state index < -0.39 is 9.84 Å². The zero-order chi connectivity index (χ0) is 13.4. The summed E-state index contributed by atoms with van der Waals surface area (Å²) < 4.78 is 27.6. The molecule has 0 bridgehead atoms. The van der Waals surface area contributed by atoms with Gasteiger partial charge in [-0.3, -0.25) is 0 Å². The van der Waals surface area contributed by atoms with Crippen LogP contribution in [-0.2, 0) is 16.4 Å². The summed E-state index contributed by atoms with van der Waals surface area (Å²) in [5.41, 5.74) is 1.07. The largest absolute Gasteiger partial charge is 0.481 e. The molecule has 1 aromatic heterocycles. The third kappa shape index (κ3) is 5.46. The molecule has 102 valence electrons. The van der Waals surface area contributed by atoms with Gasteiger partial charge in [-0.2, -0.15) is 0 Å². The van der Waals surface area contributed by atoms with Gasteiger partial charge in [-0.1, -0.05) is 6.92 Å². The number of aromatic nitrogens is 1. The smallest absolute Gasteiger partial charge is 0.213 e. The molecule has 0 radical (unpaired) electrons. The van der Waals surface area contributed by atoms with Crippen molar-refractivity contribution in [1.29, 1.82) is 0 Å². The van der Waals surface area contributed by atoms with E-state index in [1.165, 1.54) is 0 Å². The van der Waals surface area contributed by atoms with Crippen molar-refractivity contribution in [1.82, 2.24) is 10.3 Å². The van der Waals surface area contributed by atoms with E-state index in [1.807, 2.05) is 12.1 Å². The Hall–Kier alpha value is -1.14. The first-order valence-electron chi connectivity index (χ1n) is 5.97. The first-order chi connectivity index (χ1) is 8.57. The molecule has 0 saturated heterocycles. The van der Waals surface area contributed by atoms with Crippen molar-refractivity contribution in [3.8, 4) is 5.88 Å². The van der Waals surface area contributed by atoms with E-state index in [2.05, 4.69) is 10.3 Å². The lowest BCUT2D eigenvalue weighted by molar-refractivity contribution is 0.397. The first kappa shape index (κ1) is 14.9. The first-order valence-corrected chi connectivity index (χ1v) is 7.79. The summed E-state index contributed by atoms with van der Waals surface area (Å²) in [6.45, 7) is 3.04. The molecule has 0 unspecified atom stereocenters. The van der Waals surface area contributed by atoms with Crippen LogP contribution >= 0.6 is 0 Å². The Bertz CT molecular complexity index is 460. The van der Waals surface area contributed by atoms with Crippen molar-refractivity contribution in [3.63, 3.8) is 0 Å². The van der Waals surface area contributed by atoms with Gasteiger partial charge in [-0.15, -0.1) is 0 Å². The zero-order valence-corrected chi connectivity index (χ0v) is 11.7. The van der Waals surface area contributed by atoms with E-state index in [0.717, 1.165) is 5.56 Å². The molecule has 0 spiro atoms. The Morgan fingerprint density at radius 1 is 1.44 bits per heavy atom. The highest BCUT2D eigenvalue weighted by molar-refractivity contribution is 7.91. The Labute approximate surface area is 108 Å². The Morgan fingerprint density at radius 2 is 2.22 bits per heavy atom. The van der Waals surface area contributed by atoms with Gasteiger partial charge in [0.05, 0.1) is 12.9 Å². The third-order valence-electron chi connectivity index (χ3n) is 2.59. The number of nitrogens with one attached hydrogen (secondary N) is 1. The van der Waals surface area contributed by atoms with E-state index in [1.54, 1.807) is 20.2 Å². The summed E-state index contributed by atoms with van der Waals surface area (Å²) in [5.74, 6) is 1.05. The van der Waals surface area contributed by atoms with Gasteiger partial charge in [-0.25, -0.2) is 13.4 Å². The number of sulfone groups is 1. The molecule has 0 amide bonds. The predicted molar refractivity (Wildman–Crippen MR) is 71.4 cm³/mol. The van der Waals surface area contributed by atoms with Gasteiger partial charge in [0.25, 0.3) is 0 Å². The van der Waals surface area contributed by atoms with E-state index in [-0.39, 0.29) is 11.5 Å². The fraction of sp³-hybridized carbons (Fsp3) is 0.583. The number of hydrogen-bond acceptors (Lipinski definition) is 5. The highest BCUT2D eigenvalue weighted by atomic mass is 32.2. The van der Waals surface area contributed by atoms with Crippen LogP contribution in [0, 0.1) is 0 Å². The second-order valence-electron chi connectivity index (χ2n) is 3.97. The molecule has 0 aliphatic carbocycles. The number of hydrogen-bond donors (Lipinski definition) is 1. The lowest BCUT2D eigenvalue weighted by Crippen LogP contribution is -2.19. The highest BCUT2D eigenvalue weighted by Gasteiger charge is 2.05. The molecular formula is C12H20N2O3S. The normalized spacial score (nSPS) is 11.4. The Kier molecular flexibility index (Phi) is 6.07. The minimum absolute atomic E-state index is 0.217. The van der Waals surface area contributed by atoms with Crippen LogP contribution in [0.3, 0.4) is 0 Å². The molecule has 0 atom stereocenters. The van der Waals surface area contributed by atoms with Crippen LogP contribution in [0.2, 0.25) is 0 Å². The van der Waals surface area contributed by atoms with Crippen LogP contribution in [0.5, 0.6) is 5.88 Å². The van der Waals surface area contributed by atoms with Crippen LogP contribution in [0.25, 0.3) is 0 Å². The fourth-order valence-electron chi connectivity index (χ4n) is 1.47. The monoisotopic (exact) mass is 272 g/mol. The van der Waals surface area contributed by atoms with Gasteiger partial charge in [-0.05, 0) is 24.6 Å². The summed E-state index contributed by atoms with van der Waals surface area (Å²) in [7, 11) is -1.27. The second-order valence-corrected chi connectivity index (χ2v) is 6.45. The van der Waals surface area contributed by atoms with Gasteiger partial charge in [0.15, 0.2) is 0 Å². The molecule has 0 aliphatic rings. The van der Waals surface area contributed by atoms with E-state index in [0.29, 0.717) is 25.4 Å². The summed E-state index contributed by atoms with van der Waals surface area (Å²) in [6.07, 6.45) is 2.33. The molecule has 0 aliphatic heterocycles. The number of nitrogens with zero attached hydrogens (tertiary/aromatic N) is 1.